The van der Waals surface area contributed by atoms with Crippen LogP contribution in [-0.4, -0.2) is 29.3 Å². The fourth-order valence-corrected chi connectivity index (χ4v) is 4.19. The second-order valence-electron chi connectivity index (χ2n) is 9.13. The Labute approximate surface area is 237 Å². The maximum absolute atomic E-state index is 11.5. The molecular weight excluding hydrogens is 655 g/mol. The van der Waals surface area contributed by atoms with Gasteiger partial charge in [0, 0.05) is 49.9 Å². The first-order valence-corrected chi connectivity index (χ1v) is 13.7. The summed E-state index contributed by atoms with van der Waals surface area (Å²) in [5.74, 6) is 0.0104. The summed E-state index contributed by atoms with van der Waals surface area (Å²) in [4.78, 5) is 22.1. The van der Waals surface area contributed by atoms with E-state index in [0.29, 0.717) is 18.7 Å². The number of nitrogens with zero attached hydrogens (tertiary/aromatic N) is 2. The van der Waals surface area contributed by atoms with Crippen molar-refractivity contribution in [2.75, 3.05) is 12.3 Å². The molecular formula is C28H42AuN3O3S+2. The minimum Gasteiger partial charge on any atom is -0.791 e. The smallest absolute Gasteiger partial charge is 0.791 e. The van der Waals surface area contributed by atoms with Gasteiger partial charge in [-0.3, -0.25) is 9.59 Å². The predicted octanol–water partition coefficient (Wildman–Crippen LogP) is 4.36. The van der Waals surface area contributed by atoms with Crippen LogP contribution >= 0.6 is 0 Å². The summed E-state index contributed by atoms with van der Waals surface area (Å²) in [5, 5.41) is 11.5. The quantitative estimate of drug-likeness (QED) is 0.0992. The molecule has 2 N–H and O–H groups in total. The second kappa shape index (κ2) is 20.4. The molecule has 0 radical (unpaired) electrons. The van der Waals surface area contributed by atoms with Crippen molar-refractivity contribution in [1.82, 2.24) is 5.32 Å². The minimum absolute atomic E-state index is 0. The SMILES string of the molecule is O=C(O)CCCCCCC[n+]1ccc(-c2cc[n+](CCCCCCCC(=O)NCC[S-])cc2)cc1.[Au+]. The van der Waals surface area contributed by atoms with E-state index in [4.69, 9.17) is 17.7 Å². The molecule has 0 fully saturated rings. The fraction of sp³-hybridized carbons (Fsp3) is 0.571. The molecule has 0 atom stereocenters. The van der Waals surface area contributed by atoms with E-state index in [-0.39, 0.29) is 34.7 Å². The topological polar surface area (TPSA) is 74.2 Å². The number of carboxylic acid groups (broad SMARTS) is 1. The van der Waals surface area contributed by atoms with Gasteiger partial charge in [0.15, 0.2) is 24.8 Å². The number of hydrogen-bond donors (Lipinski definition) is 2. The molecule has 0 saturated heterocycles. The van der Waals surface area contributed by atoms with Gasteiger partial charge in [-0.25, -0.2) is 9.13 Å². The molecule has 0 aromatic carbocycles. The van der Waals surface area contributed by atoms with Gasteiger partial charge in [0.1, 0.15) is 13.1 Å². The molecule has 2 rings (SSSR count). The van der Waals surface area contributed by atoms with E-state index in [1.165, 1.54) is 24.0 Å². The Bertz CT molecular complexity index is 863. The summed E-state index contributed by atoms with van der Waals surface area (Å²) in [6.07, 6.45) is 20.2. The van der Waals surface area contributed by atoms with Crippen LogP contribution in [0.3, 0.4) is 0 Å². The van der Waals surface area contributed by atoms with Crippen molar-refractivity contribution < 1.29 is 46.2 Å². The van der Waals surface area contributed by atoms with E-state index < -0.39 is 5.97 Å². The van der Waals surface area contributed by atoms with Gasteiger partial charge in [-0.15, -0.1) is 0 Å². The summed E-state index contributed by atoms with van der Waals surface area (Å²) in [5.41, 5.74) is 2.44. The number of rotatable bonds is 19. The van der Waals surface area contributed by atoms with E-state index in [1.54, 1.807) is 0 Å². The number of carbonyl (C=O) groups is 2. The average Bonchev–Trinajstić information content (AvgIpc) is 2.87. The number of amides is 1. The molecule has 0 aliphatic heterocycles. The molecule has 2 aromatic rings. The van der Waals surface area contributed by atoms with Crippen molar-refractivity contribution >= 4 is 24.5 Å². The molecule has 0 saturated carbocycles. The van der Waals surface area contributed by atoms with Crippen LogP contribution in [0.25, 0.3) is 11.1 Å². The number of carbonyl (C=O) groups excluding carboxylic acids is 1. The molecule has 8 heteroatoms. The number of hydrogen-bond acceptors (Lipinski definition) is 3. The van der Waals surface area contributed by atoms with Crippen molar-refractivity contribution in [2.24, 2.45) is 0 Å². The van der Waals surface area contributed by atoms with Crippen molar-refractivity contribution in [3.63, 3.8) is 0 Å². The summed E-state index contributed by atoms with van der Waals surface area (Å²) >= 11 is 4.83. The molecule has 2 aromatic heterocycles. The third-order valence-corrected chi connectivity index (χ3v) is 6.37. The molecule has 0 aliphatic rings. The summed E-state index contributed by atoms with van der Waals surface area (Å²) in [7, 11) is 0. The maximum Gasteiger partial charge on any atom is 1.00 e. The van der Waals surface area contributed by atoms with Gasteiger partial charge in [-0.1, -0.05) is 25.7 Å². The van der Waals surface area contributed by atoms with Gasteiger partial charge in [0.2, 0.25) is 5.91 Å². The predicted molar refractivity (Wildman–Crippen MR) is 141 cm³/mol. The first kappa shape index (κ1) is 32.4. The van der Waals surface area contributed by atoms with Crippen LogP contribution in [0, 0.1) is 0 Å². The van der Waals surface area contributed by atoms with Crippen LogP contribution in [0.2, 0.25) is 0 Å². The van der Waals surface area contributed by atoms with Crippen LogP contribution in [0.15, 0.2) is 49.1 Å². The number of carboxylic acids is 1. The van der Waals surface area contributed by atoms with Crippen LogP contribution < -0.4 is 14.5 Å². The molecule has 2 heterocycles. The first-order chi connectivity index (χ1) is 17.1. The number of aromatic nitrogens is 2. The fourth-order valence-electron chi connectivity index (χ4n) is 4.09. The molecule has 0 spiro atoms. The van der Waals surface area contributed by atoms with Gasteiger partial charge in [0.25, 0.3) is 0 Å². The van der Waals surface area contributed by atoms with E-state index in [2.05, 4.69) is 63.5 Å². The van der Waals surface area contributed by atoms with Crippen molar-refractivity contribution in [3.8, 4) is 11.1 Å². The van der Waals surface area contributed by atoms with E-state index in [9.17, 15) is 9.59 Å². The molecule has 1 amide bonds. The molecule has 6 nitrogen and oxygen atoms in total. The van der Waals surface area contributed by atoms with Gasteiger partial charge < -0.3 is 23.1 Å². The Kier molecular flexibility index (Phi) is 18.3. The third-order valence-electron chi connectivity index (χ3n) is 6.17. The van der Waals surface area contributed by atoms with E-state index in [1.807, 2.05) is 0 Å². The summed E-state index contributed by atoms with van der Waals surface area (Å²) < 4.78 is 4.46. The van der Waals surface area contributed by atoms with Crippen molar-refractivity contribution in [1.29, 1.82) is 0 Å². The molecule has 202 valence electrons. The standard InChI is InChI=1S/C28H41N3O3S.Au/c32-27(29-17-24-35)11-7-3-1-5-9-18-30-20-13-25(14-21-30)26-15-22-31(23-16-26)19-10-6-2-4-8-12-28(33)34;/h13-16,20-23H,1-12,17-19,24H2,(H-2,29,32,33,34,35);/q;+1/p+1. The monoisotopic (exact) mass is 697 g/mol. The van der Waals surface area contributed by atoms with E-state index >= 15 is 0 Å². The zero-order valence-electron chi connectivity index (χ0n) is 21.3. The second-order valence-corrected chi connectivity index (χ2v) is 9.54. The van der Waals surface area contributed by atoms with Crippen LogP contribution in [-0.2, 0) is 57.7 Å². The molecule has 0 bridgehead atoms. The number of nitrogens with one attached hydrogen (secondary N) is 1. The van der Waals surface area contributed by atoms with Crippen LogP contribution in [0.4, 0.5) is 0 Å². The van der Waals surface area contributed by atoms with Crippen LogP contribution in [0.1, 0.15) is 77.0 Å². The van der Waals surface area contributed by atoms with Gasteiger partial charge in [-0.05, 0) is 43.4 Å². The zero-order valence-corrected chi connectivity index (χ0v) is 24.3. The molecule has 36 heavy (non-hydrogen) atoms. The maximum atomic E-state index is 11.5. The number of aryl methyl sites for hydroxylation is 2. The minimum atomic E-state index is -0.695. The zero-order chi connectivity index (χ0) is 25.1. The Balaban J connectivity index is 0.00000648. The van der Waals surface area contributed by atoms with Gasteiger partial charge in [-0.2, -0.15) is 5.75 Å². The van der Waals surface area contributed by atoms with E-state index in [0.717, 1.165) is 64.5 Å². The van der Waals surface area contributed by atoms with Crippen LogP contribution in [0.5, 0.6) is 0 Å². The largest absolute Gasteiger partial charge is 1.00 e. The summed E-state index contributed by atoms with van der Waals surface area (Å²) in [6.45, 7) is 2.62. The summed E-state index contributed by atoms with van der Waals surface area (Å²) in [6, 6.07) is 8.70. The Hall–Kier alpha value is -1.67. The number of aliphatic carboxylic acids is 1. The molecule has 0 unspecified atom stereocenters. The normalized spacial score (nSPS) is 10.6. The Morgan fingerprint density at radius 1 is 0.694 bits per heavy atom. The molecule has 0 aliphatic carbocycles. The number of pyridine rings is 2. The van der Waals surface area contributed by atoms with Crippen molar-refractivity contribution in [3.05, 3.63) is 49.1 Å². The van der Waals surface area contributed by atoms with Crippen molar-refractivity contribution in [2.45, 2.75) is 90.1 Å². The Morgan fingerprint density at radius 3 is 1.56 bits per heavy atom. The first-order valence-electron chi connectivity index (χ1n) is 13.1. The third kappa shape index (κ3) is 14.8. The van der Waals surface area contributed by atoms with Gasteiger partial charge in [0.05, 0.1) is 0 Å². The number of unbranched alkanes of at least 4 members (excludes halogenated alkanes) is 8. The Morgan fingerprint density at radius 2 is 1.11 bits per heavy atom. The average molecular weight is 698 g/mol. The van der Waals surface area contributed by atoms with Gasteiger partial charge >= 0.3 is 28.3 Å².